The predicted molar refractivity (Wildman–Crippen MR) is 108 cm³/mol. The van der Waals surface area contributed by atoms with Gasteiger partial charge in [0.1, 0.15) is 30.3 Å². The molecule has 0 aliphatic carbocycles. The second-order valence-corrected chi connectivity index (χ2v) is 7.46. The normalized spacial score (nSPS) is 11.1. The van der Waals surface area contributed by atoms with Crippen LogP contribution in [0.3, 0.4) is 0 Å². The number of nitrogens with one attached hydrogen (secondary N) is 1. The summed E-state index contributed by atoms with van der Waals surface area (Å²) in [5, 5.41) is 9.95. The number of aromatic nitrogens is 5. The molecule has 0 fully saturated rings. The Kier molecular flexibility index (Phi) is 5.55. The van der Waals surface area contributed by atoms with Gasteiger partial charge < -0.3 is 5.32 Å². The fourth-order valence-corrected chi connectivity index (χ4v) is 3.25. The minimum Gasteiger partial charge on any atom is -0.322 e. The topological polar surface area (TPSA) is 94.7 Å². The average Bonchev–Trinajstić information content (AvgIpc) is 3.09. The molecule has 4 aromatic rings. The summed E-state index contributed by atoms with van der Waals surface area (Å²) in [6, 6.07) is 7.12. The molecule has 0 aliphatic rings. The summed E-state index contributed by atoms with van der Waals surface area (Å²) in [7, 11) is 0. The van der Waals surface area contributed by atoms with Crippen molar-refractivity contribution in [1.82, 2.24) is 24.5 Å². The lowest BCUT2D eigenvalue weighted by Crippen LogP contribution is -2.28. The van der Waals surface area contributed by atoms with Crippen LogP contribution in [0.25, 0.3) is 11.2 Å². The molecule has 4 rings (SSSR count). The third-order valence-corrected chi connectivity index (χ3v) is 4.76. The zero-order chi connectivity index (χ0) is 22.1. The van der Waals surface area contributed by atoms with E-state index in [1.807, 2.05) is 0 Å². The zero-order valence-corrected chi connectivity index (χ0v) is 17.1. The molecule has 31 heavy (non-hydrogen) atoms. The SMILES string of the molecule is O=C(Cn1cnc2c(nnn2Cc2cc(F)cc(F)c2)c1=O)Nc1ccc(Br)cc1F. The van der Waals surface area contributed by atoms with Gasteiger partial charge in [-0.15, -0.1) is 5.10 Å². The molecule has 8 nitrogen and oxygen atoms in total. The first-order valence-corrected chi connectivity index (χ1v) is 9.58. The summed E-state index contributed by atoms with van der Waals surface area (Å²) < 4.78 is 43.4. The zero-order valence-electron chi connectivity index (χ0n) is 15.5. The number of hydrogen-bond donors (Lipinski definition) is 1. The molecule has 0 spiro atoms. The van der Waals surface area contributed by atoms with E-state index < -0.39 is 35.5 Å². The average molecular weight is 493 g/mol. The highest BCUT2D eigenvalue weighted by molar-refractivity contribution is 9.10. The summed E-state index contributed by atoms with van der Waals surface area (Å²) in [6.07, 6.45) is 1.12. The van der Waals surface area contributed by atoms with Gasteiger partial charge in [-0.05, 0) is 35.9 Å². The van der Waals surface area contributed by atoms with Gasteiger partial charge in [0.25, 0.3) is 5.56 Å². The van der Waals surface area contributed by atoms with Crippen molar-refractivity contribution < 1.29 is 18.0 Å². The second kappa shape index (κ2) is 8.30. The van der Waals surface area contributed by atoms with E-state index in [0.717, 1.165) is 29.1 Å². The Balaban J connectivity index is 1.56. The third kappa shape index (κ3) is 4.48. The Morgan fingerprint density at radius 3 is 2.55 bits per heavy atom. The van der Waals surface area contributed by atoms with Crippen molar-refractivity contribution in [3.8, 4) is 0 Å². The van der Waals surface area contributed by atoms with Gasteiger partial charge in [0.05, 0.1) is 12.2 Å². The third-order valence-electron chi connectivity index (χ3n) is 4.27. The molecule has 0 saturated carbocycles. The predicted octanol–water partition coefficient (Wildman–Crippen LogP) is 2.85. The Labute approximate surface area is 180 Å². The summed E-state index contributed by atoms with van der Waals surface area (Å²) in [5.74, 6) is -2.78. The van der Waals surface area contributed by atoms with Crippen molar-refractivity contribution in [1.29, 1.82) is 0 Å². The van der Waals surface area contributed by atoms with Crippen LogP contribution in [0.5, 0.6) is 0 Å². The maximum atomic E-state index is 13.9. The molecule has 12 heteroatoms. The number of anilines is 1. The van der Waals surface area contributed by atoms with E-state index in [4.69, 9.17) is 0 Å². The lowest BCUT2D eigenvalue weighted by atomic mass is 10.2. The van der Waals surface area contributed by atoms with Crippen LogP contribution >= 0.6 is 15.9 Å². The van der Waals surface area contributed by atoms with Gasteiger partial charge in [0.2, 0.25) is 5.91 Å². The maximum Gasteiger partial charge on any atom is 0.283 e. The van der Waals surface area contributed by atoms with Crippen molar-refractivity contribution in [3.63, 3.8) is 0 Å². The minimum absolute atomic E-state index is 0.0384. The highest BCUT2D eigenvalue weighted by Crippen LogP contribution is 2.19. The Morgan fingerprint density at radius 2 is 1.84 bits per heavy atom. The van der Waals surface area contributed by atoms with Crippen molar-refractivity contribution in [2.24, 2.45) is 0 Å². The second-order valence-electron chi connectivity index (χ2n) is 6.55. The summed E-state index contributed by atoms with van der Waals surface area (Å²) in [6.45, 7) is -0.496. The molecule has 1 amide bonds. The van der Waals surface area contributed by atoms with Crippen LogP contribution in [0.15, 0.2) is 52.0 Å². The summed E-state index contributed by atoms with van der Waals surface area (Å²) in [5.41, 5.74) is -0.449. The van der Waals surface area contributed by atoms with Crippen LogP contribution in [0.2, 0.25) is 0 Å². The first-order chi connectivity index (χ1) is 14.8. The quantitative estimate of drug-likeness (QED) is 0.462. The monoisotopic (exact) mass is 492 g/mol. The van der Waals surface area contributed by atoms with Gasteiger partial charge in [0, 0.05) is 10.5 Å². The van der Waals surface area contributed by atoms with Crippen LogP contribution in [-0.2, 0) is 17.9 Å². The molecule has 158 valence electrons. The van der Waals surface area contributed by atoms with Crippen LogP contribution in [0.1, 0.15) is 5.56 Å². The molecule has 2 aromatic carbocycles. The molecule has 0 atom stereocenters. The number of carbonyl (C=O) groups excluding carboxylic acids is 1. The van der Waals surface area contributed by atoms with Gasteiger partial charge in [0.15, 0.2) is 11.2 Å². The Bertz CT molecular complexity index is 1350. The van der Waals surface area contributed by atoms with Crippen LogP contribution in [0, 0.1) is 17.5 Å². The standard InChI is InChI=1S/C19H12BrF3N6O2/c20-11-1-2-15(14(23)5-11)25-16(30)8-28-9-24-18-17(19(28)31)26-27-29(18)7-10-3-12(21)6-13(22)4-10/h1-6,9H,7-8H2,(H,25,30). The summed E-state index contributed by atoms with van der Waals surface area (Å²) >= 11 is 3.12. The van der Waals surface area contributed by atoms with Gasteiger partial charge >= 0.3 is 0 Å². The van der Waals surface area contributed by atoms with Gasteiger partial charge in [-0.25, -0.2) is 22.8 Å². The number of halogens is 4. The molecule has 0 unspecified atom stereocenters. The van der Waals surface area contributed by atoms with E-state index in [2.05, 4.69) is 36.5 Å². The van der Waals surface area contributed by atoms with E-state index in [1.54, 1.807) is 6.07 Å². The van der Waals surface area contributed by atoms with Gasteiger partial charge in [-0.2, -0.15) is 0 Å². The van der Waals surface area contributed by atoms with Crippen molar-refractivity contribution in [2.75, 3.05) is 5.32 Å². The molecular weight excluding hydrogens is 481 g/mol. The molecule has 2 heterocycles. The van der Waals surface area contributed by atoms with Crippen molar-refractivity contribution in [2.45, 2.75) is 13.1 Å². The van der Waals surface area contributed by atoms with E-state index in [9.17, 15) is 22.8 Å². The van der Waals surface area contributed by atoms with Crippen LogP contribution < -0.4 is 10.9 Å². The summed E-state index contributed by atoms with van der Waals surface area (Å²) in [4.78, 5) is 28.9. The first-order valence-electron chi connectivity index (χ1n) is 8.78. The lowest BCUT2D eigenvalue weighted by Gasteiger charge is -2.08. The molecular formula is C19H12BrF3N6O2. The number of rotatable bonds is 5. The van der Waals surface area contributed by atoms with E-state index >= 15 is 0 Å². The van der Waals surface area contributed by atoms with Crippen LogP contribution in [-0.4, -0.2) is 30.5 Å². The van der Waals surface area contributed by atoms with Gasteiger partial charge in [-0.1, -0.05) is 21.1 Å². The fraction of sp³-hybridized carbons (Fsp3) is 0.105. The fourth-order valence-electron chi connectivity index (χ4n) is 2.92. The molecule has 0 bridgehead atoms. The first kappa shape index (κ1) is 20.7. The highest BCUT2D eigenvalue weighted by Gasteiger charge is 2.15. The smallest absolute Gasteiger partial charge is 0.283 e. The number of fused-ring (bicyclic) bond motifs is 1. The van der Waals surface area contributed by atoms with E-state index in [1.165, 1.54) is 16.8 Å². The van der Waals surface area contributed by atoms with Crippen molar-refractivity contribution >= 4 is 38.7 Å². The Hall–Kier alpha value is -3.54. The molecule has 0 radical (unpaired) electrons. The van der Waals surface area contributed by atoms with Crippen molar-refractivity contribution in [3.05, 3.63) is 80.6 Å². The highest BCUT2D eigenvalue weighted by atomic mass is 79.9. The lowest BCUT2D eigenvalue weighted by molar-refractivity contribution is -0.116. The van der Waals surface area contributed by atoms with Crippen LogP contribution in [0.4, 0.5) is 18.9 Å². The van der Waals surface area contributed by atoms with E-state index in [-0.39, 0.29) is 29.0 Å². The van der Waals surface area contributed by atoms with Gasteiger partial charge in [-0.3, -0.25) is 14.2 Å². The van der Waals surface area contributed by atoms with E-state index in [0.29, 0.717) is 4.47 Å². The maximum absolute atomic E-state index is 13.9. The largest absolute Gasteiger partial charge is 0.322 e. The molecule has 2 aromatic heterocycles. The number of amides is 1. The molecule has 1 N–H and O–H groups in total. The molecule has 0 aliphatic heterocycles. The number of benzene rings is 2. The Morgan fingerprint density at radius 1 is 1.10 bits per heavy atom. The number of hydrogen-bond acceptors (Lipinski definition) is 5. The number of nitrogens with zero attached hydrogens (tertiary/aromatic N) is 5. The minimum atomic E-state index is -0.747. The molecule has 0 saturated heterocycles. The number of carbonyl (C=O) groups is 1.